The van der Waals surface area contributed by atoms with Crippen LogP contribution in [0.2, 0.25) is 0 Å². The van der Waals surface area contributed by atoms with Crippen LogP contribution in [0, 0.1) is 11.7 Å². The van der Waals surface area contributed by atoms with Crippen molar-refractivity contribution in [2.24, 2.45) is 5.92 Å². The van der Waals surface area contributed by atoms with Gasteiger partial charge in [0.05, 0.1) is 10.9 Å². The Labute approximate surface area is 235 Å². The molecular formula is C30H31F3N6O2. The van der Waals surface area contributed by atoms with Gasteiger partial charge in [0.25, 0.3) is 5.91 Å². The first kappa shape index (κ1) is 26.2. The van der Waals surface area contributed by atoms with Crippen LogP contribution in [0.15, 0.2) is 36.7 Å². The summed E-state index contributed by atoms with van der Waals surface area (Å²) in [6.07, 6.45) is 3.46. The minimum atomic E-state index is -1.08. The molecule has 0 bridgehead atoms. The van der Waals surface area contributed by atoms with Crippen molar-refractivity contribution in [2.75, 3.05) is 38.1 Å². The Morgan fingerprint density at radius 1 is 1.24 bits per heavy atom. The monoisotopic (exact) mass is 564 g/mol. The highest BCUT2D eigenvalue weighted by molar-refractivity contribution is 5.91. The number of anilines is 1. The van der Waals surface area contributed by atoms with Crippen molar-refractivity contribution >= 4 is 22.8 Å². The van der Waals surface area contributed by atoms with Gasteiger partial charge in [-0.2, -0.15) is 9.97 Å². The lowest BCUT2D eigenvalue weighted by molar-refractivity contribution is -0.118. The molecule has 1 aromatic carbocycles. The molecule has 4 heterocycles. The average Bonchev–Trinajstić information content (AvgIpc) is 3.27. The summed E-state index contributed by atoms with van der Waals surface area (Å²) in [5.41, 5.74) is 3.32. The number of aromatic nitrogens is 3. The molecule has 214 valence electrons. The van der Waals surface area contributed by atoms with E-state index in [1.165, 1.54) is 17.2 Å². The van der Waals surface area contributed by atoms with E-state index in [4.69, 9.17) is 4.74 Å². The first-order valence-corrected chi connectivity index (χ1v) is 14.2. The maximum Gasteiger partial charge on any atom is 0.320 e. The Morgan fingerprint density at radius 2 is 2.12 bits per heavy atom. The van der Waals surface area contributed by atoms with E-state index >= 15 is 4.39 Å². The first-order valence-electron chi connectivity index (χ1n) is 14.2. The summed E-state index contributed by atoms with van der Waals surface area (Å²) in [4.78, 5) is 27.4. The molecule has 4 aliphatic rings. The molecule has 0 radical (unpaired) electrons. The SMILES string of the molecule is C=C(F)C(=O)NCCNc1nc(OCC23CCCN2C[C@H](F)C3)nc2nc(-c3cccc4c3C3CC3C4)c(F)cc12. The number of alkyl halides is 1. The summed E-state index contributed by atoms with van der Waals surface area (Å²) in [7, 11) is 0. The van der Waals surface area contributed by atoms with E-state index in [0.29, 0.717) is 30.2 Å². The molecule has 2 aliphatic carbocycles. The lowest BCUT2D eigenvalue weighted by atomic mass is 9.95. The van der Waals surface area contributed by atoms with E-state index in [0.717, 1.165) is 37.8 Å². The molecule has 41 heavy (non-hydrogen) atoms. The van der Waals surface area contributed by atoms with E-state index in [-0.39, 0.29) is 42.9 Å². The summed E-state index contributed by atoms with van der Waals surface area (Å²) >= 11 is 0. The second-order valence-corrected chi connectivity index (χ2v) is 11.7. The lowest BCUT2D eigenvalue weighted by Gasteiger charge is -2.30. The fraction of sp³-hybridized carbons (Fsp3) is 0.467. The summed E-state index contributed by atoms with van der Waals surface area (Å²) in [6.45, 7) is 4.70. The zero-order chi connectivity index (χ0) is 28.3. The molecule has 1 amide bonds. The number of halogens is 3. The molecule has 4 atom stereocenters. The van der Waals surface area contributed by atoms with Gasteiger partial charge in [0.15, 0.2) is 11.5 Å². The Morgan fingerprint density at radius 3 is 2.98 bits per heavy atom. The van der Waals surface area contributed by atoms with Gasteiger partial charge in [0.1, 0.15) is 30.1 Å². The van der Waals surface area contributed by atoms with E-state index in [9.17, 15) is 13.6 Å². The summed E-state index contributed by atoms with van der Waals surface area (Å²) in [6, 6.07) is 7.38. The second-order valence-electron chi connectivity index (χ2n) is 11.7. The standard InChI is InChI=1S/C30H31F3N6O2/c1-16(31)28(40)35-8-7-34-26-22-12-23(33)25(20-5-2-4-17-10-18-11-21(18)24(17)20)36-27(22)38-29(37-26)41-15-30-6-3-9-39(30)14-19(32)13-30/h2,4-5,12,18-19,21H,1,3,6-11,13-15H2,(H,35,40)(H,34,36,37,38)/t18?,19-,21?,30?/m1/s1. The van der Waals surface area contributed by atoms with Gasteiger partial charge in [-0.05, 0) is 61.3 Å². The van der Waals surface area contributed by atoms with E-state index in [1.54, 1.807) is 0 Å². The largest absolute Gasteiger partial charge is 0.461 e. The Hall–Kier alpha value is -3.73. The number of hydrogen-bond acceptors (Lipinski definition) is 7. The number of carbonyl (C=O) groups is 1. The third-order valence-corrected chi connectivity index (χ3v) is 9.03. The van der Waals surface area contributed by atoms with Crippen molar-refractivity contribution < 1.29 is 22.7 Å². The van der Waals surface area contributed by atoms with E-state index < -0.39 is 29.3 Å². The van der Waals surface area contributed by atoms with Gasteiger partial charge in [0, 0.05) is 31.6 Å². The molecule has 2 N–H and O–H groups in total. The molecule has 3 unspecified atom stereocenters. The van der Waals surface area contributed by atoms with Gasteiger partial charge in [-0.25, -0.2) is 18.2 Å². The molecule has 8 nitrogen and oxygen atoms in total. The summed E-state index contributed by atoms with van der Waals surface area (Å²) in [5.74, 6) is -1.12. The fourth-order valence-corrected chi connectivity index (χ4v) is 7.04. The van der Waals surface area contributed by atoms with Crippen molar-refractivity contribution in [1.82, 2.24) is 25.2 Å². The number of carbonyl (C=O) groups excluding carboxylic acids is 1. The van der Waals surface area contributed by atoms with Crippen LogP contribution in [0.4, 0.5) is 19.0 Å². The number of nitrogens with one attached hydrogen (secondary N) is 2. The van der Waals surface area contributed by atoms with Gasteiger partial charge >= 0.3 is 6.01 Å². The van der Waals surface area contributed by atoms with Gasteiger partial charge in [-0.1, -0.05) is 24.8 Å². The summed E-state index contributed by atoms with van der Waals surface area (Å²) in [5, 5.41) is 5.82. The number of hydrogen-bond donors (Lipinski definition) is 2. The molecule has 1 saturated carbocycles. The lowest BCUT2D eigenvalue weighted by Crippen LogP contribution is -2.43. The van der Waals surface area contributed by atoms with Crippen LogP contribution in [-0.2, 0) is 11.2 Å². The van der Waals surface area contributed by atoms with Crippen LogP contribution in [0.5, 0.6) is 6.01 Å². The third-order valence-electron chi connectivity index (χ3n) is 9.03. The first-order chi connectivity index (χ1) is 19.8. The maximum atomic E-state index is 15.7. The molecule has 7 rings (SSSR count). The van der Waals surface area contributed by atoms with Crippen LogP contribution in [0.1, 0.15) is 42.7 Å². The van der Waals surface area contributed by atoms with Crippen molar-refractivity contribution in [1.29, 1.82) is 0 Å². The van der Waals surface area contributed by atoms with Crippen molar-refractivity contribution in [3.63, 3.8) is 0 Å². The van der Waals surface area contributed by atoms with Crippen LogP contribution in [0.3, 0.4) is 0 Å². The van der Waals surface area contributed by atoms with Crippen LogP contribution in [0.25, 0.3) is 22.3 Å². The number of rotatable bonds is 9. The van der Waals surface area contributed by atoms with Crippen LogP contribution >= 0.6 is 0 Å². The highest BCUT2D eigenvalue weighted by Crippen LogP contribution is 2.58. The molecule has 2 aliphatic heterocycles. The topological polar surface area (TPSA) is 92.3 Å². The van der Waals surface area contributed by atoms with Gasteiger partial charge < -0.3 is 15.4 Å². The predicted octanol–water partition coefficient (Wildman–Crippen LogP) is 4.46. The third kappa shape index (κ3) is 4.69. The predicted molar refractivity (Wildman–Crippen MR) is 148 cm³/mol. The van der Waals surface area contributed by atoms with Gasteiger partial charge in [-0.15, -0.1) is 0 Å². The van der Waals surface area contributed by atoms with Crippen molar-refractivity contribution in [2.45, 2.75) is 49.7 Å². The Bertz CT molecular complexity index is 1570. The minimum absolute atomic E-state index is 0.0512. The Kier molecular flexibility index (Phi) is 6.37. The minimum Gasteiger partial charge on any atom is -0.461 e. The zero-order valence-electron chi connectivity index (χ0n) is 22.6. The van der Waals surface area contributed by atoms with Crippen molar-refractivity contribution in [3.8, 4) is 17.3 Å². The number of nitrogens with zero attached hydrogens (tertiary/aromatic N) is 4. The Balaban J connectivity index is 1.22. The highest BCUT2D eigenvalue weighted by atomic mass is 19.1. The number of pyridine rings is 1. The molecule has 2 saturated heterocycles. The number of amides is 1. The summed E-state index contributed by atoms with van der Waals surface area (Å²) < 4.78 is 49.1. The molecule has 3 aromatic rings. The highest BCUT2D eigenvalue weighted by Gasteiger charge is 2.49. The van der Waals surface area contributed by atoms with Crippen LogP contribution in [-0.4, -0.2) is 70.3 Å². The van der Waals surface area contributed by atoms with Gasteiger partial charge in [0.2, 0.25) is 0 Å². The number of benzene rings is 1. The fourth-order valence-electron chi connectivity index (χ4n) is 7.04. The van der Waals surface area contributed by atoms with E-state index in [2.05, 4.69) is 43.1 Å². The normalized spacial score (nSPS) is 26.0. The molecule has 2 aromatic heterocycles. The molecule has 3 fully saturated rings. The van der Waals surface area contributed by atoms with Crippen molar-refractivity contribution in [3.05, 3.63) is 53.6 Å². The smallest absolute Gasteiger partial charge is 0.320 e. The molecule has 0 spiro atoms. The van der Waals surface area contributed by atoms with Gasteiger partial charge in [-0.3, -0.25) is 9.69 Å². The maximum absolute atomic E-state index is 15.7. The van der Waals surface area contributed by atoms with E-state index in [1.807, 2.05) is 12.1 Å². The number of ether oxygens (including phenoxy) is 1. The van der Waals surface area contributed by atoms with Crippen LogP contribution < -0.4 is 15.4 Å². The molecular weight excluding hydrogens is 533 g/mol. The quantitative estimate of drug-likeness (QED) is 0.293. The average molecular weight is 565 g/mol. The second kappa shape index (κ2) is 9.97. The molecule has 11 heteroatoms. The zero-order valence-corrected chi connectivity index (χ0v) is 22.6. The number of fused-ring (bicyclic) bond motifs is 5.